The number of rotatable bonds is 6. The van der Waals surface area contributed by atoms with Gasteiger partial charge in [0.25, 0.3) is 5.91 Å². The van der Waals surface area contributed by atoms with Gasteiger partial charge in [-0.1, -0.05) is 41.2 Å². The molecule has 2 rings (SSSR count). The molecular weight excluding hydrogens is 284 g/mol. The van der Waals surface area contributed by atoms with Crippen LogP contribution in [0.1, 0.15) is 27.7 Å². The zero-order valence-corrected chi connectivity index (χ0v) is 13.1. The number of amides is 1. The second kappa shape index (κ2) is 7.08. The van der Waals surface area contributed by atoms with Crippen LogP contribution in [0.5, 0.6) is 0 Å². The molecular formula is C15H20N4OS. The average molecular weight is 304 g/mol. The third-order valence-electron chi connectivity index (χ3n) is 2.97. The summed E-state index contributed by atoms with van der Waals surface area (Å²) >= 11 is 1.28. The van der Waals surface area contributed by atoms with E-state index in [1.54, 1.807) is 0 Å². The van der Waals surface area contributed by atoms with Gasteiger partial charge in [0.1, 0.15) is 10.7 Å². The molecule has 0 saturated carbocycles. The molecule has 1 aromatic heterocycles. The Labute approximate surface area is 128 Å². The minimum Gasteiger partial charge on any atom is -0.382 e. The molecule has 0 aliphatic heterocycles. The zero-order chi connectivity index (χ0) is 15.2. The molecule has 0 aliphatic rings. The SMILES string of the molecule is CCNc1nc(N)c(C(=O)NCCc2cccc(C)c2)s1. The van der Waals surface area contributed by atoms with Crippen molar-refractivity contribution in [3.8, 4) is 0 Å². The van der Waals surface area contributed by atoms with Gasteiger partial charge in [0.2, 0.25) is 0 Å². The molecule has 4 N–H and O–H groups in total. The van der Waals surface area contributed by atoms with Crippen LogP contribution in [0.3, 0.4) is 0 Å². The Hall–Kier alpha value is -2.08. The average Bonchev–Trinajstić information content (AvgIpc) is 2.80. The molecule has 0 atom stereocenters. The van der Waals surface area contributed by atoms with Crippen LogP contribution in [0, 0.1) is 6.92 Å². The predicted octanol–water partition coefficient (Wildman–Crippen LogP) is 2.44. The highest BCUT2D eigenvalue weighted by atomic mass is 32.1. The minimum atomic E-state index is -0.165. The summed E-state index contributed by atoms with van der Waals surface area (Å²) in [7, 11) is 0. The third-order valence-corrected chi connectivity index (χ3v) is 4.00. The van der Waals surface area contributed by atoms with Crippen LogP contribution in [0.2, 0.25) is 0 Å². The van der Waals surface area contributed by atoms with Crippen LogP contribution >= 0.6 is 11.3 Å². The van der Waals surface area contributed by atoms with E-state index < -0.39 is 0 Å². The molecule has 5 nitrogen and oxygen atoms in total. The number of aryl methyl sites for hydroxylation is 1. The van der Waals surface area contributed by atoms with E-state index in [9.17, 15) is 4.79 Å². The molecule has 0 spiro atoms. The van der Waals surface area contributed by atoms with Gasteiger partial charge in [-0.25, -0.2) is 4.98 Å². The van der Waals surface area contributed by atoms with Gasteiger partial charge < -0.3 is 16.4 Å². The van der Waals surface area contributed by atoms with E-state index in [-0.39, 0.29) is 11.7 Å². The summed E-state index contributed by atoms with van der Waals surface area (Å²) in [5, 5.41) is 6.63. The van der Waals surface area contributed by atoms with Gasteiger partial charge in [-0.05, 0) is 25.8 Å². The highest BCUT2D eigenvalue weighted by Crippen LogP contribution is 2.24. The largest absolute Gasteiger partial charge is 0.382 e. The number of anilines is 2. The molecule has 0 fully saturated rings. The maximum atomic E-state index is 12.1. The van der Waals surface area contributed by atoms with E-state index in [1.807, 2.05) is 13.0 Å². The Balaban J connectivity index is 1.90. The fraction of sp³-hybridized carbons (Fsp3) is 0.333. The van der Waals surface area contributed by atoms with Crippen LogP contribution in [0.15, 0.2) is 24.3 Å². The van der Waals surface area contributed by atoms with Gasteiger partial charge in [-0.2, -0.15) is 0 Å². The number of nitrogen functional groups attached to an aromatic ring is 1. The van der Waals surface area contributed by atoms with Crippen molar-refractivity contribution in [1.82, 2.24) is 10.3 Å². The molecule has 1 aromatic carbocycles. The topological polar surface area (TPSA) is 80.0 Å². The van der Waals surface area contributed by atoms with E-state index in [0.717, 1.165) is 13.0 Å². The quantitative estimate of drug-likeness (QED) is 0.766. The monoisotopic (exact) mass is 304 g/mol. The molecule has 0 saturated heterocycles. The summed E-state index contributed by atoms with van der Waals surface area (Å²) in [6.07, 6.45) is 0.798. The maximum Gasteiger partial charge on any atom is 0.265 e. The molecule has 112 valence electrons. The normalized spacial score (nSPS) is 10.4. The van der Waals surface area contributed by atoms with Crippen LogP contribution in [0.4, 0.5) is 10.9 Å². The Morgan fingerprint density at radius 1 is 1.43 bits per heavy atom. The zero-order valence-electron chi connectivity index (χ0n) is 12.3. The smallest absolute Gasteiger partial charge is 0.265 e. The number of hydrogen-bond acceptors (Lipinski definition) is 5. The number of nitrogens with one attached hydrogen (secondary N) is 2. The van der Waals surface area contributed by atoms with Crippen molar-refractivity contribution in [1.29, 1.82) is 0 Å². The summed E-state index contributed by atoms with van der Waals surface area (Å²) < 4.78 is 0. The highest BCUT2D eigenvalue weighted by molar-refractivity contribution is 7.18. The van der Waals surface area contributed by atoms with Crippen LogP contribution in [-0.4, -0.2) is 24.0 Å². The van der Waals surface area contributed by atoms with Crippen LogP contribution in [-0.2, 0) is 6.42 Å². The Morgan fingerprint density at radius 2 is 2.24 bits per heavy atom. The molecule has 0 aliphatic carbocycles. The van der Waals surface area contributed by atoms with Crippen molar-refractivity contribution in [3.05, 3.63) is 40.3 Å². The second-order valence-corrected chi connectivity index (χ2v) is 5.76. The number of nitrogens with zero attached hydrogens (tertiary/aromatic N) is 1. The fourth-order valence-electron chi connectivity index (χ4n) is 1.99. The first-order valence-electron chi connectivity index (χ1n) is 6.94. The number of carbonyl (C=O) groups excluding carboxylic acids is 1. The number of hydrogen-bond donors (Lipinski definition) is 3. The summed E-state index contributed by atoms with van der Waals surface area (Å²) in [4.78, 5) is 16.7. The first-order chi connectivity index (χ1) is 10.1. The highest BCUT2D eigenvalue weighted by Gasteiger charge is 2.15. The summed E-state index contributed by atoms with van der Waals surface area (Å²) in [5.41, 5.74) is 8.21. The Morgan fingerprint density at radius 3 is 2.95 bits per heavy atom. The number of benzene rings is 1. The maximum absolute atomic E-state index is 12.1. The molecule has 21 heavy (non-hydrogen) atoms. The molecule has 6 heteroatoms. The predicted molar refractivity (Wildman–Crippen MR) is 87.9 cm³/mol. The minimum absolute atomic E-state index is 0.165. The lowest BCUT2D eigenvalue weighted by Gasteiger charge is -2.05. The van der Waals surface area contributed by atoms with E-state index in [4.69, 9.17) is 5.73 Å². The molecule has 1 heterocycles. The van der Waals surface area contributed by atoms with Gasteiger partial charge in [0.05, 0.1) is 0 Å². The first kappa shape index (κ1) is 15.3. The molecule has 1 amide bonds. The lowest BCUT2D eigenvalue weighted by atomic mass is 10.1. The molecule has 2 aromatic rings. The van der Waals surface area contributed by atoms with Crippen molar-refractivity contribution in [2.45, 2.75) is 20.3 Å². The van der Waals surface area contributed by atoms with E-state index in [0.29, 0.717) is 16.6 Å². The Kier molecular flexibility index (Phi) is 5.16. The van der Waals surface area contributed by atoms with Gasteiger partial charge in [0, 0.05) is 13.1 Å². The number of nitrogens with two attached hydrogens (primary N) is 1. The standard InChI is InChI=1S/C15H20N4OS/c1-3-17-15-19-13(16)12(21-15)14(20)18-8-7-11-6-4-5-10(2)9-11/h4-6,9H,3,7-8,16H2,1-2H3,(H,17,19)(H,18,20). The summed E-state index contributed by atoms with van der Waals surface area (Å²) in [6.45, 7) is 5.36. The van der Waals surface area contributed by atoms with Crippen molar-refractivity contribution in [2.24, 2.45) is 0 Å². The fourth-order valence-corrected chi connectivity index (χ4v) is 2.86. The lowest BCUT2D eigenvalue weighted by Crippen LogP contribution is -2.25. The molecule has 0 radical (unpaired) electrons. The first-order valence-corrected chi connectivity index (χ1v) is 7.75. The van der Waals surface area contributed by atoms with Crippen molar-refractivity contribution >= 4 is 28.2 Å². The third kappa shape index (κ3) is 4.19. The van der Waals surface area contributed by atoms with E-state index >= 15 is 0 Å². The van der Waals surface area contributed by atoms with Gasteiger partial charge in [-0.3, -0.25) is 4.79 Å². The summed E-state index contributed by atoms with van der Waals surface area (Å²) in [5.74, 6) is 0.116. The van der Waals surface area contributed by atoms with Crippen molar-refractivity contribution in [2.75, 3.05) is 24.1 Å². The van der Waals surface area contributed by atoms with Crippen molar-refractivity contribution < 1.29 is 4.79 Å². The number of carbonyl (C=O) groups is 1. The van der Waals surface area contributed by atoms with Gasteiger partial charge in [-0.15, -0.1) is 0 Å². The van der Waals surface area contributed by atoms with Crippen LogP contribution < -0.4 is 16.4 Å². The summed E-state index contributed by atoms with van der Waals surface area (Å²) in [6, 6.07) is 8.26. The number of aromatic nitrogens is 1. The number of thiazole rings is 1. The molecule has 0 bridgehead atoms. The van der Waals surface area contributed by atoms with E-state index in [2.05, 4.69) is 40.7 Å². The lowest BCUT2D eigenvalue weighted by molar-refractivity contribution is 0.0959. The van der Waals surface area contributed by atoms with Crippen LogP contribution in [0.25, 0.3) is 0 Å². The molecule has 0 unspecified atom stereocenters. The van der Waals surface area contributed by atoms with Gasteiger partial charge >= 0.3 is 0 Å². The second-order valence-electron chi connectivity index (χ2n) is 4.76. The van der Waals surface area contributed by atoms with E-state index in [1.165, 1.54) is 22.5 Å². The van der Waals surface area contributed by atoms with Crippen molar-refractivity contribution in [3.63, 3.8) is 0 Å². The Bertz CT molecular complexity index is 624. The van der Waals surface area contributed by atoms with Gasteiger partial charge in [0.15, 0.2) is 5.13 Å².